The van der Waals surface area contributed by atoms with E-state index >= 15 is 0 Å². The molecule has 0 N–H and O–H groups in total. The van der Waals surface area contributed by atoms with Crippen molar-refractivity contribution < 1.29 is 35.9 Å². The summed E-state index contributed by atoms with van der Waals surface area (Å²) < 4.78 is 28.1. The average molecular weight is 392 g/mol. The van der Waals surface area contributed by atoms with E-state index in [9.17, 15) is 4.57 Å². The van der Waals surface area contributed by atoms with Crippen molar-refractivity contribution in [2.24, 2.45) is 0 Å². The van der Waals surface area contributed by atoms with E-state index in [1.165, 1.54) is 6.61 Å². The van der Waals surface area contributed by atoms with Gasteiger partial charge in [-0.25, -0.2) is 7.42 Å². The summed E-state index contributed by atoms with van der Waals surface area (Å²) in [4.78, 5) is 0. The minimum Gasteiger partial charge on any atom is -0.463 e. The molecule has 73 valence electrons. The Bertz CT molecular complexity index is 217. The van der Waals surface area contributed by atoms with E-state index in [1.54, 1.807) is 0 Å². The molecule has 0 aromatic rings. The van der Waals surface area contributed by atoms with Gasteiger partial charge in [0.2, 0.25) is 0 Å². The minimum absolute atomic E-state index is 0. The van der Waals surface area contributed by atoms with Gasteiger partial charge in [-0.2, -0.15) is 6.61 Å². The zero-order valence-corrected chi connectivity index (χ0v) is 10.7. The molecule has 1 aliphatic rings. The van der Waals surface area contributed by atoms with Gasteiger partial charge in [0.15, 0.2) is 0 Å². The van der Waals surface area contributed by atoms with Crippen LogP contribution in [0.2, 0.25) is 0 Å². The molecule has 1 unspecified atom stereocenters. The predicted molar refractivity (Wildman–Crippen MR) is 49.3 cm³/mol. The third kappa shape index (κ3) is 4.38. The first-order valence-electron chi connectivity index (χ1n) is 2.86. The van der Waals surface area contributed by atoms with Gasteiger partial charge in [-0.3, -0.25) is 4.52 Å². The van der Waals surface area contributed by atoms with Gasteiger partial charge in [0.25, 0.3) is 0 Å². The number of rotatable bonds is 2. The van der Waals surface area contributed by atoms with Crippen LogP contribution in [0.1, 0.15) is 6.42 Å². The maximum Gasteiger partial charge on any atom is 0.453 e. The normalized spacial score (nSPS) is 28.7. The number of phosphoric ester groups is 1. The summed E-state index contributed by atoms with van der Waals surface area (Å²) in [5, 5.41) is 0. The molecule has 0 bridgehead atoms. The van der Waals surface area contributed by atoms with E-state index in [4.69, 9.17) is 11.9 Å². The maximum absolute atomic E-state index is 11.3. The second kappa shape index (κ2) is 6.55. The van der Waals surface area contributed by atoms with E-state index in [2.05, 4.69) is 10.2 Å². The van der Waals surface area contributed by atoms with Gasteiger partial charge >= 0.3 is 7.82 Å². The third-order valence-corrected chi connectivity index (χ3v) is 4.36. The third-order valence-electron chi connectivity index (χ3n) is 0.862. The van der Waals surface area contributed by atoms with Gasteiger partial charge in [0.1, 0.15) is 21.1 Å². The van der Waals surface area contributed by atoms with Crippen molar-refractivity contribution in [3.8, 4) is 0 Å². The molecule has 1 atom stereocenters. The van der Waals surface area contributed by atoms with Crippen LogP contribution in [0.3, 0.4) is 0 Å². The first-order valence-corrected chi connectivity index (χ1v) is 6.28. The van der Waals surface area contributed by atoms with E-state index in [-0.39, 0.29) is 19.5 Å². The summed E-state index contributed by atoms with van der Waals surface area (Å²) in [5.74, 6) is 0. The molecule has 0 spiro atoms. The number of phosphoric acid groups is 1. The Morgan fingerprint density at radius 3 is 3.00 bits per heavy atom. The van der Waals surface area contributed by atoms with Gasteiger partial charge in [-0.05, 0) is 6.58 Å². The topological polar surface area (TPSA) is 44.8 Å². The SMILES string of the molecule is C=C=IOP1(=O)O[CH-]CCO1.[Rh]. The Hall–Kier alpha value is 1.11. The zero-order chi connectivity index (χ0) is 8.16. The Labute approximate surface area is 94.3 Å². The first-order chi connectivity index (χ1) is 5.27. The van der Waals surface area contributed by atoms with Crippen LogP contribution in [0.5, 0.6) is 0 Å². The molecule has 0 aromatic carbocycles. The van der Waals surface area contributed by atoms with Crippen molar-refractivity contribution >= 4 is 32.6 Å². The molecular weight excluding hydrogens is 385 g/mol. The van der Waals surface area contributed by atoms with Crippen LogP contribution in [0.15, 0.2) is 6.58 Å². The van der Waals surface area contributed by atoms with Crippen LogP contribution in [0.4, 0.5) is 0 Å². The smallest absolute Gasteiger partial charge is 0.453 e. The van der Waals surface area contributed by atoms with Crippen LogP contribution in [0.25, 0.3) is 0 Å². The van der Waals surface area contributed by atoms with Gasteiger partial charge < -0.3 is 4.52 Å². The fourth-order valence-corrected chi connectivity index (χ4v) is 3.13. The van der Waals surface area contributed by atoms with Gasteiger partial charge in [0.05, 0.1) is 0 Å². The fraction of sp³-hybridized carbons (Fsp3) is 0.400. The van der Waals surface area contributed by atoms with Crippen molar-refractivity contribution in [2.45, 2.75) is 6.42 Å². The summed E-state index contributed by atoms with van der Waals surface area (Å²) >= 11 is -0.841. The summed E-state index contributed by atoms with van der Waals surface area (Å²) in [5.41, 5.74) is 0. The summed E-state index contributed by atoms with van der Waals surface area (Å²) in [6.45, 7) is 5.16. The van der Waals surface area contributed by atoms with Gasteiger partial charge in [-0.15, -0.1) is 6.42 Å². The summed E-state index contributed by atoms with van der Waals surface area (Å²) in [7, 11) is -3.24. The van der Waals surface area contributed by atoms with E-state index in [1.807, 2.05) is 0 Å². The predicted octanol–water partition coefficient (Wildman–Crippen LogP) is 2.18. The largest absolute Gasteiger partial charge is 0.463 e. The molecule has 4 nitrogen and oxygen atoms in total. The molecule has 1 aliphatic heterocycles. The molecule has 0 aromatic heterocycles. The fourth-order valence-electron chi connectivity index (χ4n) is 0.490. The molecule has 0 aliphatic carbocycles. The maximum atomic E-state index is 11.3. The van der Waals surface area contributed by atoms with Crippen molar-refractivity contribution in [1.29, 1.82) is 0 Å². The van der Waals surface area contributed by atoms with E-state index < -0.39 is 29.0 Å². The second-order valence-electron chi connectivity index (χ2n) is 1.62. The van der Waals surface area contributed by atoms with Crippen LogP contribution >= 0.6 is 29.0 Å². The quantitative estimate of drug-likeness (QED) is 0.313. The van der Waals surface area contributed by atoms with Crippen LogP contribution in [0, 0.1) is 6.61 Å². The molecule has 1 radical (unpaired) electrons. The van der Waals surface area contributed by atoms with E-state index in [0.29, 0.717) is 13.0 Å². The zero-order valence-electron chi connectivity index (χ0n) is 5.99. The first kappa shape index (κ1) is 13.1. The minimum atomic E-state index is -3.24. The molecule has 1 heterocycles. The Kier molecular flexibility index (Phi) is 7.16. The molecule has 7 heteroatoms. The summed E-state index contributed by atoms with van der Waals surface area (Å²) in [6.07, 6.45) is 0.642. The molecular formula is C5H7IO4PRh-. The van der Waals surface area contributed by atoms with Crippen molar-refractivity contribution in [1.82, 2.24) is 0 Å². The van der Waals surface area contributed by atoms with E-state index in [0.717, 1.165) is 0 Å². The average Bonchev–Trinajstić information content (AvgIpc) is 2.03. The molecule has 1 saturated heterocycles. The van der Waals surface area contributed by atoms with Crippen LogP contribution in [-0.2, 0) is 35.9 Å². The molecule has 0 amide bonds. The Morgan fingerprint density at radius 1 is 1.75 bits per heavy atom. The van der Waals surface area contributed by atoms with Crippen LogP contribution < -0.4 is 0 Å². The van der Waals surface area contributed by atoms with Crippen molar-refractivity contribution in [2.75, 3.05) is 6.61 Å². The summed E-state index contributed by atoms with van der Waals surface area (Å²) in [6, 6.07) is 0. The molecule has 12 heavy (non-hydrogen) atoms. The standard InChI is InChI=1S/C5H7IO4P.Rh/c1-2-6-10-11(7)8-4-3-5-9-11;/h4H,1,3,5H2;/q-1;. The van der Waals surface area contributed by atoms with Crippen molar-refractivity contribution in [3.05, 3.63) is 13.2 Å². The Balaban J connectivity index is 0.00000121. The van der Waals surface area contributed by atoms with Gasteiger partial charge in [0, 0.05) is 26.1 Å². The number of hydrogen-bond acceptors (Lipinski definition) is 4. The second-order valence-corrected chi connectivity index (χ2v) is 5.51. The number of halogens is 1. The molecule has 0 saturated carbocycles. The Morgan fingerprint density at radius 2 is 2.50 bits per heavy atom. The van der Waals surface area contributed by atoms with Crippen LogP contribution in [-0.4, -0.2) is 10.3 Å². The molecule has 1 fully saturated rings. The van der Waals surface area contributed by atoms with Crippen molar-refractivity contribution in [3.63, 3.8) is 0 Å². The number of hydrogen-bond donors (Lipinski definition) is 0. The molecule has 1 rings (SSSR count). The monoisotopic (exact) mass is 392 g/mol. The van der Waals surface area contributed by atoms with Gasteiger partial charge in [-0.1, -0.05) is 3.67 Å².